The second-order valence-electron chi connectivity index (χ2n) is 12.3. The second kappa shape index (κ2) is 13.7. The maximum atomic E-state index is 6.30. The van der Waals surface area contributed by atoms with E-state index in [0.29, 0.717) is 5.92 Å². The summed E-state index contributed by atoms with van der Waals surface area (Å²) < 4.78 is 23.3. The molecule has 0 amide bonds. The smallest absolute Gasteiger partial charge is 0.191 e. The van der Waals surface area contributed by atoms with Crippen molar-refractivity contribution in [3.63, 3.8) is 0 Å². The molecule has 0 spiro atoms. The number of fused-ring (bicyclic) bond motifs is 1. The van der Waals surface area contributed by atoms with Crippen LogP contribution in [0.15, 0.2) is 47.4 Å². The van der Waals surface area contributed by atoms with E-state index in [9.17, 15) is 0 Å². The standard InChI is InChI=1S/C32H50O4SSi/c1-31(2,3)38(7,8)36-22-11-9-10-20-35-21-12-13-29-28-19-18-27(34-6)23-30(28)37-24-32(29,4)25-14-16-26(33-5)17-15-25/h14-19,23,29H,9-13,20-22,24H2,1-8H3/t29-,32-/m1/s1. The lowest BCUT2D eigenvalue weighted by molar-refractivity contribution is 0.121. The number of unbranched alkanes of at least 4 members (excludes halogenated alkanes) is 2. The van der Waals surface area contributed by atoms with E-state index in [-0.39, 0.29) is 10.5 Å². The summed E-state index contributed by atoms with van der Waals surface area (Å²) in [6, 6.07) is 15.2. The zero-order chi connectivity index (χ0) is 27.8. The highest BCUT2D eigenvalue weighted by molar-refractivity contribution is 7.99. The Bertz CT molecular complexity index is 1000. The van der Waals surface area contributed by atoms with Crippen molar-refractivity contribution in [3.8, 4) is 11.5 Å². The Morgan fingerprint density at radius 3 is 2.16 bits per heavy atom. The van der Waals surface area contributed by atoms with Gasteiger partial charge >= 0.3 is 0 Å². The van der Waals surface area contributed by atoms with Gasteiger partial charge in [-0.25, -0.2) is 0 Å². The molecule has 0 N–H and O–H groups in total. The SMILES string of the molecule is COc1ccc([C@@]2(C)CSc3cc(OC)ccc3[C@H]2CCCOCCCCCO[Si](C)(C)C(C)(C)C)cc1. The largest absolute Gasteiger partial charge is 0.497 e. The summed E-state index contributed by atoms with van der Waals surface area (Å²) in [5.41, 5.74) is 2.85. The molecule has 0 aromatic heterocycles. The first kappa shape index (κ1) is 31.1. The van der Waals surface area contributed by atoms with Gasteiger partial charge in [-0.3, -0.25) is 0 Å². The van der Waals surface area contributed by atoms with Gasteiger partial charge in [-0.15, -0.1) is 11.8 Å². The summed E-state index contributed by atoms with van der Waals surface area (Å²) in [5.74, 6) is 3.31. The van der Waals surface area contributed by atoms with E-state index in [1.54, 1.807) is 14.2 Å². The first-order valence-corrected chi connectivity index (χ1v) is 18.1. The van der Waals surface area contributed by atoms with Crippen molar-refractivity contribution in [3.05, 3.63) is 53.6 Å². The van der Waals surface area contributed by atoms with Crippen LogP contribution in [-0.2, 0) is 14.6 Å². The average Bonchev–Trinajstić information content (AvgIpc) is 2.89. The Morgan fingerprint density at radius 1 is 0.868 bits per heavy atom. The Balaban J connectivity index is 1.51. The van der Waals surface area contributed by atoms with Crippen molar-refractivity contribution in [1.29, 1.82) is 0 Å². The van der Waals surface area contributed by atoms with Crippen LogP contribution in [0.25, 0.3) is 0 Å². The monoisotopic (exact) mass is 558 g/mol. The number of methoxy groups -OCH3 is 2. The summed E-state index contributed by atoms with van der Waals surface area (Å²) in [4.78, 5) is 1.35. The topological polar surface area (TPSA) is 36.9 Å². The molecular weight excluding hydrogens is 509 g/mol. The molecule has 2 aromatic rings. The van der Waals surface area contributed by atoms with Gasteiger partial charge in [0.2, 0.25) is 0 Å². The lowest BCUT2D eigenvalue weighted by atomic mass is 9.68. The maximum Gasteiger partial charge on any atom is 0.191 e. The number of ether oxygens (including phenoxy) is 3. The second-order valence-corrected chi connectivity index (χ2v) is 18.1. The van der Waals surface area contributed by atoms with Crippen LogP contribution in [0.2, 0.25) is 18.1 Å². The number of hydrogen-bond donors (Lipinski definition) is 0. The van der Waals surface area contributed by atoms with Gasteiger partial charge in [-0.05, 0) is 91.5 Å². The molecule has 4 nitrogen and oxygen atoms in total. The molecule has 0 saturated heterocycles. The normalized spacial score (nSPS) is 19.7. The van der Waals surface area contributed by atoms with Gasteiger partial charge in [0.15, 0.2) is 8.32 Å². The molecule has 1 aliphatic rings. The Morgan fingerprint density at radius 2 is 1.50 bits per heavy atom. The molecule has 38 heavy (non-hydrogen) atoms. The quantitative estimate of drug-likeness (QED) is 0.171. The van der Waals surface area contributed by atoms with Crippen LogP contribution in [-0.4, -0.2) is 48.1 Å². The summed E-state index contributed by atoms with van der Waals surface area (Å²) in [6.45, 7) is 16.5. The Kier molecular flexibility index (Phi) is 11.2. The van der Waals surface area contributed by atoms with Gasteiger partial charge in [0.1, 0.15) is 11.5 Å². The van der Waals surface area contributed by atoms with Gasteiger partial charge in [-0.1, -0.05) is 45.9 Å². The predicted octanol–water partition coefficient (Wildman–Crippen LogP) is 8.84. The van der Waals surface area contributed by atoms with E-state index in [2.05, 4.69) is 83.3 Å². The van der Waals surface area contributed by atoms with Gasteiger partial charge in [0.25, 0.3) is 0 Å². The van der Waals surface area contributed by atoms with Crippen LogP contribution < -0.4 is 9.47 Å². The minimum Gasteiger partial charge on any atom is -0.497 e. The van der Waals surface area contributed by atoms with E-state index in [4.69, 9.17) is 18.6 Å². The molecular formula is C32H50O4SSi. The third kappa shape index (κ3) is 7.80. The number of thioether (sulfide) groups is 1. The molecule has 3 rings (SSSR count). The predicted molar refractivity (Wildman–Crippen MR) is 164 cm³/mol. The van der Waals surface area contributed by atoms with Crippen molar-refractivity contribution >= 4 is 20.1 Å². The van der Waals surface area contributed by atoms with Gasteiger partial charge in [0.05, 0.1) is 14.2 Å². The van der Waals surface area contributed by atoms with Crippen LogP contribution >= 0.6 is 11.8 Å². The van der Waals surface area contributed by atoms with Crippen LogP contribution in [0.3, 0.4) is 0 Å². The highest BCUT2D eigenvalue weighted by Gasteiger charge is 2.41. The molecule has 0 radical (unpaired) electrons. The third-order valence-electron chi connectivity index (χ3n) is 8.63. The molecule has 0 unspecified atom stereocenters. The van der Waals surface area contributed by atoms with Gasteiger partial charge in [0, 0.05) is 35.9 Å². The van der Waals surface area contributed by atoms with Crippen LogP contribution in [0.5, 0.6) is 11.5 Å². The number of hydrogen-bond acceptors (Lipinski definition) is 5. The summed E-state index contributed by atoms with van der Waals surface area (Å²) >= 11 is 1.94. The molecule has 0 saturated carbocycles. The van der Waals surface area contributed by atoms with Crippen molar-refractivity contribution in [2.45, 2.75) is 94.2 Å². The average molecular weight is 559 g/mol. The van der Waals surface area contributed by atoms with Crippen molar-refractivity contribution in [1.82, 2.24) is 0 Å². The molecule has 1 aliphatic heterocycles. The van der Waals surface area contributed by atoms with Crippen molar-refractivity contribution in [2.75, 3.05) is 39.8 Å². The molecule has 6 heteroatoms. The van der Waals surface area contributed by atoms with E-state index < -0.39 is 8.32 Å². The molecule has 212 valence electrons. The van der Waals surface area contributed by atoms with E-state index in [1.165, 1.54) is 22.4 Å². The molecule has 2 atom stereocenters. The van der Waals surface area contributed by atoms with E-state index in [1.807, 2.05) is 11.8 Å². The fourth-order valence-corrected chi connectivity index (χ4v) is 7.46. The third-order valence-corrected chi connectivity index (χ3v) is 14.6. The lowest BCUT2D eigenvalue weighted by Gasteiger charge is -2.43. The zero-order valence-electron chi connectivity index (χ0n) is 25.0. The first-order chi connectivity index (χ1) is 18.0. The van der Waals surface area contributed by atoms with Gasteiger partial charge in [-0.2, -0.15) is 0 Å². The Labute approximate surface area is 237 Å². The summed E-state index contributed by atoms with van der Waals surface area (Å²) in [7, 11) is 1.84. The van der Waals surface area contributed by atoms with E-state index in [0.717, 1.165) is 62.8 Å². The van der Waals surface area contributed by atoms with Crippen LogP contribution in [0.1, 0.15) is 76.8 Å². The van der Waals surface area contributed by atoms with Crippen LogP contribution in [0.4, 0.5) is 0 Å². The van der Waals surface area contributed by atoms with Gasteiger partial charge < -0.3 is 18.6 Å². The molecule has 0 aliphatic carbocycles. The van der Waals surface area contributed by atoms with E-state index >= 15 is 0 Å². The molecule has 0 fully saturated rings. The highest BCUT2D eigenvalue weighted by atomic mass is 32.2. The fourth-order valence-electron chi connectivity index (χ4n) is 4.97. The fraction of sp³-hybridized carbons (Fsp3) is 0.625. The number of rotatable bonds is 14. The molecule has 1 heterocycles. The lowest BCUT2D eigenvalue weighted by Crippen LogP contribution is -2.40. The molecule has 0 bridgehead atoms. The van der Waals surface area contributed by atoms with Crippen molar-refractivity contribution in [2.24, 2.45) is 0 Å². The first-order valence-electron chi connectivity index (χ1n) is 14.2. The molecule has 2 aromatic carbocycles. The Hall–Kier alpha value is -1.47. The maximum absolute atomic E-state index is 6.30. The minimum atomic E-state index is -1.63. The number of benzene rings is 2. The minimum absolute atomic E-state index is 0.0443. The van der Waals surface area contributed by atoms with Crippen LogP contribution in [0, 0.1) is 0 Å². The summed E-state index contributed by atoms with van der Waals surface area (Å²) in [5, 5.41) is 0.281. The zero-order valence-corrected chi connectivity index (χ0v) is 26.8. The summed E-state index contributed by atoms with van der Waals surface area (Å²) in [6.07, 6.45) is 5.55. The van der Waals surface area contributed by atoms with Crippen molar-refractivity contribution < 1.29 is 18.6 Å². The highest BCUT2D eigenvalue weighted by Crippen LogP contribution is 2.52.